The van der Waals surface area contributed by atoms with Gasteiger partial charge in [-0.05, 0) is 62.2 Å². The van der Waals surface area contributed by atoms with E-state index < -0.39 is 5.97 Å². The van der Waals surface area contributed by atoms with Gasteiger partial charge in [-0.25, -0.2) is 4.79 Å². The summed E-state index contributed by atoms with van der Waals surface area (Å²) in [5.74, 6) is 0.778. The van der Waals surface area contributed by atoms with Crippen LogP contribution in [-0.2, 0) is 4.79 Å². The van der Waals surface area contributed by atoms with Crippen molar-refractivity contribution >= 4 is 43.9 Å². The van der Waals surface area contributed by atoms with E-state index in [0.717, 1.165) is 26.3 Å². The maximum Gasteiger partial charge on any atom is 0.328 e. The molecule has 0 aliphatic carbocycles. The number of carbonyl (C=O) groups is 1. The third kappa shape index (κ3) is 3.32. The highest BCUT2D eigenvalue weighted by Gasteiger charge is 2.13. The number of carboxylic acid groups (broad SMARTS) is 1. The van der Waals surface area contributed by atoms with Crippen LogP contribution in [0.4, 0.5) is 0 Å². The predicted molar refractivity (Wildman–Crippen MR) is 82.8 cm³/mol. The first-order valence-electron chi connectivity index (χ1n) is 5.55. The van der Waals surface area contributed by atoms with Crippen LogP contribution >= 0.6 is 31.9 Å². The molecule has 0 amide bonds. The third-order valence-corrected chi connectivity index (χ3v) is 3.76. The average molecular weight is 402 g/mol. The van der Waals surface area contributed by atoms with Crippen molar-refractivity contribution in [1.82, 2.24) is 0 Å². The van der Waals surface area contributed by atoms with E-state index in [-0.39, 0.29) is 0 Å². The molecule has 0 fully saturated rings. The average Bonchev–Trinajstić information content (AvgIpc) is 2.77. The number of rotatable bonds is 4. The minimum absolute atomic E-state index is 0.456. The summed E-state index contributed by atoms with van der Waals surface area (Å²) in [5, 5.41) is 8.61. The molecule has 0 unspecified atom stereocenters. The van der Waals surface area contributed by atoms with E-state index in [2.05, 4.69) is 31.9 Å². The van der Waals surface area contributed by atoms with Gasteiger partial charge in [0.15, 0.2) is 0 Å². The highest BCUT2D eigenvalue weighted by Crippen LogP contribution is 2.37. The second-order valence-electron chi connectivity index (χ2n) is 3.84. The first kappa shape index (κ1) is 14.9. The van der Waals surface area contributed by atoms with E-state index in [1.807, 2.05) is 18.2 Å². The van der Waals surface area contributed by atoms with E-state index in [4.69, 9.17) is 14.3 Å². The van der Waals surface area contributed by atoms with Gasteiger partial charge in [-0.1, -0.05) is 0 Å². The lowest BCUT2D eigenvalue weighted by molar-refractivity contribution is -0.131. The van der Waals surface area contributed by atoms with Crippen LogP contribution < -0.4 is 4.74 Å². The van der Waals surface area contributed by atoms with Crippen molar-refractivity contribution in [3.05, 3.63) is 45.0 Å². The summed E-state index contributed by atoms with van der Waals surface area (Å²) in [5.41, 5.74) is 0.840. The molecule has 1 N–H and O–H groups in total. The normalized spacial score (nSPS) is 10.9. The molecule has 0 saturated heterocycles. The number of hydrogen-bond acceptors (Lipinski definition) is 3. The van der Waals surface area contributed by atoms with Crippen molar-refractivity contribution in [3.63, 3.8) is 0 Å². The summed E-state index contributed by atoms with van der Waals surface area (Å²) in [6.07, 6.45) is 2.42. The summed E-state index contributed by atoms with van der Waals surface area (Å²) in [6.45, 7) is 0. The number of benzene rings is 1. The predicted octanol–water partition coefficient (Wildman–Crippen LogP) is 4.58. The fraction of sp³-hybridized carbons (Fsp3) is 0.0714. The number of ether oxygens (including phenoxy) is 1. The van der Waals surface area contributed by atoms with Crippen molar-refractivity contribution < 1.29 is 19.1 Å². The van der Waals surface area contributed by atoms with Gasteiger partial charge in [-0.2, -0.15) is 0 Å². The Hall–Kier alpha value is -1.53. The number of halogens is 2. The Balaban J connectivity index is 2.40. The van der Waals surface area contributed by atoms with Gasteiger partial charge in [0.25, 0.3) is 0 Å². The van der Waals surface area contributed by atoms with Crippen LogP contribution in [0.1, 0.15) is 5.76 Å². The molecule has 2 rings (SSSR count). The molecular weight excluding hydrogens is 392 g/mol. The zero-order valence-electron chi connectivity index (χ0n) is 10.4. The summed E-state index contributed by atoms with van der Waals surface area (Å²) >= 11 is 6.86. The number of furan rings is 1. The van der Waals surface area contributed by atoms with Crippen LogP contribution in [0.2, 0.25) is 0 Å². The third-order valence-electron chi connectivity index (χ3n) is 2.52. The molecule has 6 heteroatoms. The molecule has 0 bridgehead atoms. The van der Waals surface area contributed by atoms with E-state index in [1.165, 1.54) is 6.08 Å². The number of carboxylic acids is 1. The van der Waals surface area contributed by atoms with E-state index in [9.17, 15) is 4.79 Å². The van der Waals surface area contributed by atoms with E-state index in [0.29, 0.717) is 11.5 Å². The van der Waals surface area contributed by atoms with Gasteiger partial charge in [-0.15, -0.1) is 0 Å². The van der Waals surface area contributed by atoms with Crippen LogP contribution in [0.25, 0.3) is 17.4 Å². The summed E-state index contributed by atoms with van der Waals surface area (Å²) in [6, 6.07) is 7.22. The molecule has 0 aliphatic heterocycles. The van der Waals surface area contributed by atoms with Crippen molar-refractivity contribution in [3.8, 4) is 17.1 Å². The lowest BCUT2D eigenvalue weighted by atomic mass is 10.2. The fourth-order valence-corrected chi connectivity index (χ4v) is 2.67. The van der Waals surface area contributed by atoms with Crippen molar-refractivity contribution in [1.29, 1.82) is 0 Å². The lowest BCUT2D eigenvalue weighted by Crippen LogP contribution is -1.85. The standard InChI is InChI=1S/C14H10Br2O4/c1-19-8-2-4-10(11(15)6-8)14-12(16)7-9(20-14)3-5-13(17)18/h2-7H,1H3,(H,17,18)/b5-3+. The molecule has 20 heavy (non-hydrogen) atoms. The highest BCUT2D eigenvalue weighted by atomic mass is 79.9. The van der Waals surface area contributed by atoms with Gasteiger partial charge >= 0.3 is 5.97 Å². The minimum atomic E-state index is -1.02. The molecule has 2 aromatic rings. The molecule has 1 heterocycles. The molecule has 0 aliphatic rings. The Kier molecular flexibility index (Phi) is 4.67. The number of hydrogen-bond donors (Lipinski definition) is 1. The lowest BCUT2D eigenvalue weighted by Gasteiger charge is -2.05. The van der Waals surface area contributed by atoms with Crippen LogP contribution in [-0.4, -0.2) is 18.2 Å². The Bertz CT molecular complexity index is 674. The Labute approximate surface area is 132 Å². The molecule has 0 saturated carbocycles. The first-order chi connectivity index (χ1) is 9.51. The monoisotopic (exact) mass is 400 g/mol. The Morgan fingerprint density at radius 1 is 1.30 bits per heavy atom. The Morgan fingerprint density at radius 2 is 2.05 bits per heavy atom. The Morgan fingerprint density at radius 3 is 2.65 bits per heavy atom. The van der Waals surface area contributed by atoms with Crippen molar-refractivity contribution in [2.24, 2.45) is 0 Å². The molecule has 0 radical (unpaired) electrons. The molecule has 104 valence electrons. The summed E-state index contributed by atoms with van der Waals surface area (Å²) in [4.78, 5) is 10.5. The smallest absolute Gasteiger partial charge is 0.328 e. The summed E-state index contributed by atoms with van der Waals surface area (Å²) in [7, 11) is 1.60. The second kappa shape index (κ2) is 6.28. The van der Waals surface area contributed by atoms with Gasteiger partial charge in [-0.3, -0.25) is 0 Å². The quantitative estimate of drug-likeness (QED) is 0.761. The van der Waals surface area contributed by atoms with Gasteiger partial charge in [0, 0.05) is 16.1 Å². The number of aliphatic carboxylic acids is 1. The minimum Gasteiger partial charge on any atom is -0.497 e. The first-order valence-corrected chi connectivity index (χ1v) is 7.14. The SMILES string of the molecule is COc1ccc(-c2oc(/C=C/C(=O)O)cc2Br)c(Br)c1. The van der Waals surface area contributed by atoms with Crippen LogP contribution in [0.3, 0.4) is 0 Å². The van der Waals surface area contributed by atoms with Gasteiger partial charge in [0.1, 0.15) is 17.3 Å². The molecule has 1 aromatic heterocycles. The summed E-state index contributed by atoms with van der Waals surface area (Å²) < 4.78 is 12.3. The highest BCUT2D eigenvalue weighted by molar-refractivity contribution is 9.11. The van der Waals surface area contributed by atoms with Crippen LogP contribution in [0.15, 0.2) is 43.7 Å². The van der Waals surface area contributed by atoms with Crippen molar-refractivity contribution in [2.75, 3.05) is 7.11 Å². The van der Waals surface area contributed by atoms with E-state index >= 15 is 0 Å². The number of methoxy groups -OCH3 is 1. The molecular formula is C14H10Br2O4. The van der Waals surface area contributed by atoms with Gasteiger partial charge in [0.2, 0.25) is 0 Å². The maximum atomic E-state index is 10.5. The van der Waals surface area contributed by atoms with Gasteiger partial charge in [0.05, 0.1) is 11.6 Å². The zero-order valence-corrected chi connectivity index (χ0v) is 13.6. The largest absolute Gasteiger partial charge is 0.497 e. The zero-order chi connectivity index (χ0) is 14.7. The topological polar surface area (TPSA) is 59.7 Å². The molecule has 4 nitrogen and oxygen atoms in total. The second-order valence-corrected chi connectivity index (χ2v) is 5.55. The molecule has 1 aromatic carbocycles. The van der Waals surface area contributed by atoms with Crippen molar-refractivity contribution in [2.45, 2.75) is 0 Å². The molecule has 0 spiro atoms. The maximum absolute atomic E-state index is 10.5. The van der Waals surface area contributed by atoms with Crippen LogP contribution in [0.5, 0.6) is 5.75 Å². The van der Waals surface area contributed by atoms with Crippen LogP contribution in [0, 0.1) is 0 Å². The van der Waals surface area contributed by atoms with Gasteiger partial charge < -0.3 is 14.3 Å². The van der Waals surface area contributed by atoms with E-state index in [1.54, 1.807) is 13.2 Å². The molecule has 0 atom stereocenters. The fourth-order valence-electron chi connectivity index (χ4n) is 1.61.